The van der Waals surface area contributed by atoms with Crippen LogP contribution in [0, 0.1) is 0 Å². The fraction of sp³-hybridized carbons (Fsp3) is 0.667. The second-order valence-corrected chi connectivity index (χ2v) is 5.44. The summed E-state index contributed by atoms with van der Waals surface area (Å²) in [5, 5.41) is 12.3. The third-order valence-electron chi connectivity index (χ3n) is 3.65. The molecule has 3 nitrogen and oxygen atoms in total. The van der Waals surface area contributed by atoms with E-state index in [0.717, 1.165) is 57.4 Å². The first kappa shape index (κ1) is 18.0. The first-order valence-electron chi connectivity index (χ1n) is 8.39. The number of unbranched alkanes of at least 4 members (excludes halogenated alkanes) is 3. The van der Waals surface area contributed by atoms with E-state index in [9.17, 15) is 0 Å². The van der Waals surface area contributed by atoms with Gasteiger partial charge in [0.05, 0.1) is 6.61 Å². The fourth-order valence-electron chi connectivity index (χ4n) is 2.44. The quantitative estimate of drug-likeness (QED) is 0.571. The standard InChI is InChI=1S/C18H31NO2/c1-3-13-19-17(4-2)16-11-7-8-12-18(16)21-15-10-6-5-9-14-20/h7-8,11-12,17,19-20H,3-6,9-10,13-15H2,1-2H3. The first-order valence-corrected chi connectivity index (χ1v) is 8.39. The summed E-state index contributed by atoms with van der Waals surface area (Å²) >= 11 is 0. The first-order chi connectivity index (χ1) is 10.3. The number of hydrogen-bond donors (Lipinski definition) is 2. The van der Waals surface area contributed by atoms with Crippen LogP contribution in [0.5, 0.6) is 5.75 Å². The fourth-order valence-corrected chi connectivity index (χ4v) is 2.44. The maximum absolute atomic E-state index is 8.76. The van der Waals surface area contributed by atoms with E-state index < -0.39 is 0 Å². The molecule has 0 aliphatic carbocycles. The van der Waals surface area contributed by atoms with Crippen LogP contribution in [-0.4, -0.2) is 24.9 Å². The summed E-state index contributed by atoms with van der Waals surface area (Å²) in [5.74, 6) is 1.01. The molecule has 0 spiro atoms. The lowest BCUT2D eigenvalue weighted by atomic mass is 10.0. The van der Waals surface area contributed by atoms with Crippen LogP contribution in [0.3, 0.4) is 0 Å². The van der Waals surface area contributed by atoms with Crippen molar-refractivity contribution in [2.75, 3.05) is 19.8 Å². The molecule has 0 radical (unpaired) electrons. The van der Waals surface area contributed by atoms with Crippen LogP contribution in [0.4, 0.5) is 0 Å². The van der Waals surface area contributed by atoms with Crippen LogP contribution < -0.4 is 10.1 Å². The maximum Gasteiger partial charge on any atom is 0.124 e. The number of nitrogens with one attached hydrogen (secondary N) is 1. The smallest absolute Gasteiger partial charge is 0.124 e. The molecule has 0 saturated carbocycles. The Labute approximate surface area is 129 Å². The van der Waals surface area contributed by atoms with Crippen molar-refractivity contribution in [2.24, 2.45) is 0 Å². The Kier molecular flexibility index (Phi) is 9.92. The zero-order valence-electron chi connectivity index (χ0n) is 13.6. The molecule has 21 heavy (non-hydrogen) atoms. The molecule has 0 saturated heterocycles. The number of aliphatic hydroxyl groups is 1. The third-order valence-corrected chi connectivity index (χ3v) is 3.65. The van der Waals surface area contributed by atoms with Gasteiger partial charge in [-0.2, -0.15) is 0 Å². The number of para-hydroxylation sites is 1. The molecule has 0 fully saturated rings. The van der Waals surface area contributed by atoms with E-state index in [-0.39, 0.29) is 0 Å². The molecule has 0 aliphatic heterocycles. The summed E-state index contributed by atoms with van der Waals surface area (Å²) < 4.78 is 5.98. The average molecular weight is 293 g/mol. The zero-order valence-corrected chi connectivity index (χ0v) is 13.6. The molecule has 120 valence electrons. The Balaban J connectivity index is 2.49. The van der Waals surface area contributed by atoms with Gasteiger partial charge in [0.2, 0.25) is 0 Å². The van der Waals surface area contributed by atoms with Crippen LogP contribution in [0.25, 0.3) is 0 Å². The summed E-state index contributed by atoms with van der Waals surface area (Å²) in [6, 6.07) is 8.73. The molecular formula is C18H31NO2. The van der Waals surface area contributed by atoms with Crippen molar-refractivity contribution in [3.05, 3.63) is 29.8 Å². The van der Waals surface area contributed by atoms with Gasteiger partial charge in [-0.25, -0.2) is 0 Å². The Morgan fingerprint density at radius 2 is 1.86 bits per heavy atom. The van der Waals surface area contributed by atoms with E-state index in [2.05, 4.69) is 37.4 Å². The number of hydrogen-bond acceptors (Lipinski definition) is 3. The Morgan fingerprint density at radius 3 is 2.57 bits per heavy atom. The zero-order chi connectivity index (χ0) is 15.3. The number of benzene rings is 1. The predicted molar refractivity (Wildman–Crippen MR) is 88.8 cm³/mol. The predicted octanol–water partition coefficient (Wildman–Crippen LogP) is 4.07. The topological polar surface area (TPSA) is 41.5 Å². The lowest BCUT2D eigenvalue weighted by Gasteiger charge is -2.20. The van der Waals surface area contributed by atoms with E-state index >= 15 is 0 Å². The third kappa shape index (κ3) is 6.96. The van der Waals surface area contributed by atoms with Gasteiger partial charge in [-0.15, -0.1) is 0 Å². The lowest BCUT2D eigenvalue weighted by Crippen LogP contribution is -2.22. The van der Waals surface area contributed by atoms with Gasteiger partial charge in [-0.05, 0) is 44.7 Å². The van der Waals surface area contributed by atoms with Gasteiger partial charge in [0, 0.05) is 18.2 Å². The van der Waals surface area contributed by atoms with E-state index in [1.54, 1.807) is 0 Å². The second-order valence-electron chi connectivity index (χ2n) is 5.44. The minimum absolute atomic E-state index is 0.297. The summed E-state index contributed by atoms with van der Waals surface area (Å²) in [4.78, 5) is 0. The normalized spacial score (nSPS) is 12.3. The van der Waals surface area contributed by atoms with E-state index in [0.29, 0.717) is 12.6 Å². The van der Waals surface area contributed by atoms with Crippen molar-refractivity contribution in [2.45, 2.75) is 58.4 Å². The maximum atomic E-state index is 8.76. The Hall–Kier alpha value is -1.06. The van der Waals surface area contributed by atoms with Gasteiger partial charge < -0.3 is 15.2 Å². The minimum Gasteiger partial charge on any atom is -0.493 e. The highest BCUT2D eigenvalue weighted by Gasteiger charge is 2.13. The van der Waals surface area contributed by atoms with Gasteiger partial charge in [0.25, 0.3) is 0 Å². The summed E-state index contributed by atoms with van der Waals surface area (Å²) in [7, 11) is 0. The Morgan fingerprint density at radius 1 is 1.10 bits per heavy atom. The molecule has 1 atom stereocenters. The van der Waals surface area contributed by atoms with Crippen LogP contribution >= 0.6 is 0 Å². The van der Waals surface area contributed by atoms with E-state index in [4.69, 9.17) is 9.84 Å². The molecule has 1 aromatic rings. The van der Waals surface area contributed by atoms with Crippen molar-refractivity contribution in [3.8, 4) is 5.75 Å². The molecule has 0 heterocycles. The summed E-state index contributed by atoms with van der Waals surface area (Å²) in [5.41, 5.74) is 1.27. The van der Waals surface area contributed by atoms with E-state index in [1.165, 1.54) is 5.56 Å². The highest BCUT2D eigenvalue weighted by Crippen LogP contribution is 2.27. The van der Waals surface area contributed by atoms with Gasteiger partial charge in [0.1, 0.15) is 5.75 Å². The summed E-state index contributed by atoms with van der Waals surface area (Å²) in [6.45, 7) is 6.49. The average Bonchev–Trinajstić information content (AvgIpc) is 2.52. The molecule has 1 rings (SSSR count). The van der Waals surface area contributed by atoms with Crippen LogP contribution in [0.15, 0.2) is 24.3 Å². The highest BCUT2D eigenvalue weighted by molar-refractivity contribution is 5.35. The van der Waals surface area contributed by atoms with Crippen molar-refractivity contribution in [1.82, 2.24) is 5.32 Å². The second kappa shape index (κ2) is 11.6. The molecule has 0 amide bonds. The van der Waals surface area contributed by atoms with Gasteiger partial charge in [0.15, 0.2) is 0 Å². The largest absolute Gasteiger partial charge is 0.493 e. The summed E-state index contributed by atoms with van der Waals surface area (Å²) in [6.07, 6.45) is 6.36. The van der Waals surface area contributed by atoms with Gasteiger partial charge >= 0.3 is 0 Å². The van der Waals surface area contributed by atoms with Crippen molar-refractivity contribution >= 4 is 0 Å². The molecule has 0 bridgehead atoms. The molecule has 1 unspecified atom stereocenters. The molecular weight excluding hydrogens is 262 g/mol. The molecule has 1 aromatic carbocycles. The molecule has 0 aliphatic rings. The van der Waals surface area contributed by atoms with Crippen LogP contribution in [0.2, 0.25) is 0 Å². The lowest BCUT2D eigenvalue weighted by molar-refractivity contribution is 0.272. The van der Waals surface area contributed by atoms with Crippen molar-refractivity contribution < 1.29 is 9.84 Å². The Bertz CT molecular complexity index is 368. The van der Waals surface area contributed by atoms with Gasteiger partial charge in [-0.3, -0.25) is 0 Å². The van der Waals surface area contributed by atoms with Crippen molar-refractivity contribution in [1.29, 1.82) is 0 Å². The monoisotopic (exact) mass is 293 g/mol. The SMILES string of the molecule is CCCNC(CC)c1ccccc1OCCCCCCO. The molecule has 3 heteroatoms. The highest BCUT2D eigenvalue weighted by atomic mass is 16.5. The number of aliphatic hydroxyl groups excluding tert-OH is 1. The van der Waals surface area contributed by atoms with Crippen molar-refractivity contribution in [3.63, 3.8) is 0 Å². The molecule has 0 aromatic heterocycles. The van der Waals surface area contributed by atoms with Gasteiger partial charge in [-0.1, -0.05) is 38.5 Å². The number of ether oxygens (including phenoxy) is 1. The van der Waals surface area contributed by atoms with Crippen LogP contribution in [-0.2, 0) is 0 Å². The van der Waals surface area contributed by atoms with Crippen LogP contribution in [0.1, 0.15) is 64.0 Å². The molecule has 2 N–H and O–H groups in total. The minimum atomic E-state index is 0.297. The van der Waals surface area contributed by atoms with E-state index in [1.807, 2.05) is 6.07 Å². The number of rotatable bonds is 12.